The van der Waals surface area contributed by atoms with Gasteiger partial charge in [0.25, 0.3) is 5.91 Å². The lowest BCUT2D eigenvalue weighted by Crippen LogP contribution is -2.61. The molecule has 2 fully saturated rings. The van der Waals surface area contributed by atoms with Gasteiger partial charge in [0.15, 0.2) is 0 Å². The molecule has 0 aromatic rings. The molecule has 0 aromatic heterocycles. The molecule has 1 atom stereocenters. The lowest BCUT2D eigenvalue weighted by atomic mass is 9.62. The number of fused-ring (bicyclic) bond motifs is 2. The molecule has 3 aliphatic heterocycles. The molecule has 1 spiro atoms. The number of nitrogens with zero attached hydrogens (tertiary/aromatic N) is 2. The summed E-state index contributed by atoms with van der Waals surface area (Å²) in [5.41, 5.74) is -0.157. The molecule has 2 amide bonds. The lowest BCUT2D eigenvalue weighted by molar-refractivity contribution is -0.167. The largest absolute Gasteiger partial charge is 0.465 e. The van der Waals surface area contributed by atoms with Crippen molar-refractivity contribution in [2.24, 2.45) is 11.3 Å². The fourth-order valence-corrected chi connectivity index (χ4v) is 4.42. The van der Waals surface area contributed by atoms with Gasteiger partial charge in [-0.05, 0) is 39.0 Å². The van der Waals surface area contributed by atoms with Crippen molar-refractivity contribution in [1.29, 1.82) is 0 Å². The molecule has 142 valence electrons. The van der Waals surface area contributed by atoms with E-state index >= 15 is 0 Å². The number of esters is 1. The number of allylic oxidation sites excluding steroid dienone is 2. The first-order valence-corrected chi connectivity index (χ1v) is 9.13. The second-order valence-electron chi connectivity index (χ2n) is 7.02. The quantitative estimate of drug-likeness (QED) is 0.451. The van der Waals surface area contributed by atoms with E-state index < -0.39 is 35.1 Å². The standard InChI is InChI=1S/C18H24N2O6/c1-2-26-16(23)13-14(21)15(22)20-9-5-3-4-6-12(20)18(13)7-10-19(11-8-18)17(24)25/h6,13H,2-5,7-11H2,1H3,(H,24,25). The van der Waals surface area contributed by atoms with Gasteiger partial charge in [0.05, 0.1) is 6.61 Å². The minimum absolute atomic E-state index is 0.122. The molecule has 3 rings (SSSR count). The summed E-state index contributed by atoms with van der Waals surface area (Å²) in [5.74, 6) is -3.25. The molecule has 2 saturated heterocycles. The van der Waals surface area contributed by atoms with Gasteiger partial charge in [0.1, 0.15) is 5.92 Å². The van der Waals surface area contributed by atoms with Crippen LogP contribution in [0.5, 0.6) is 0 Å². The lowest BCUT2D eigenvalue weighted by Gasteiger charge is -2.51. The summed E-state index contributed by atoms with van der Waals surface area (Å²) in [5, 5.41) is 9.24. The number of rotatable bonds is 2. The molecule has 3 aliphatic rings. The zero-order chi connectivity index (χ0) is 18.9. The number of Topliss-reactive ketones (excluding diaryl/α,β-unsaturated/α-hetero) is 1. The van der Waals surface area contributed by atoms with Crippen molar-refractivity contribution in [3.63, 3.8) is 0 Å². The number of hydrogen-bond acceptors (Lipinski definition) is 5. The van der Waals surface area contributed by atoms with E-state index in [9.17, 15) is 24.3 Å². The second kappa shape index (κ2) is 7.09. The van der Waals surface area contributed by atoms with E-state index in [0.29, 0.717) is 25.1 Å². The first kappa shape index (κ1) is 18.4. The van der Waals surface area contributed by atoms with Crippen LogP contribution in [0.1, 0.15) is 39.0 Å². The van der Waals surface area contributed by atoms with Crippen LogP contribution in [0.15, 0.2) is 11.8 Å². The maximum atomic E-state index is 12.8. The summed E-state index contributed by atoms with van der Waals surface area (Å²) in [4.78, 5) is 52.2. The number of piperidine rings is 2. The van der Waals surface area contributed by atoms with Crippen LogP contribution in [-0.2, 0) is 19.1 Å². The van der Waals surface area contributed by atoms with Crippen molar-refractivity contribution >= 4 is 23.8 Å². The molecule has 0 bridgehead atoms. The van der Waals surface area contributed by atoms with E-state index in [-0.39, 0.29) is 19.7 Å². The SMILES string of the molecule is CCOC(=O)C1C(=O)C(=O)N2CCCCC=C2C12CCN(C(=O)O)CC2. The highest BCUT2D eigenvalue weighted by atomic mass is 16.5. The Kier molecular flexibility index (Phi) is 5.02. The zero-order valence-electron chi connectivity index (χ0n) is 14.9. The fourth-order valence-electron chi connectivity index (χ4n) is 4.42. The molecular formula is C18H24N2O6. The highest BCUT2D eigenvalue weighted by Crippen LogP contribution is 2.51. The van der Waals surface area contributed by atoms with Crippen LogP contribution in [-0.4, -0.2) is 64.9 Å². The predicted molar refractivity (Wildman–Crippen MR) is 90.0 cm³/mol. The highest BCUT2D eigenvalue weighted by molar-refractivity contribution is 6.41. The molecule has 0 radical (unpaired) electrons. The van der Waals surface area contributed by atoms with Crippen molar-refractivity contribution in [3.8, 4) is 0 Å². The molecule has 0 aromatic carbocycles. The molecule has 1 unspecified atom stereocenters. The average Bonchev–Trinajstić information content (AvgIpc) is 2.87. The number of ketones is 1. The van der Waals surface area contributed by atoms with Crippen LogP contribution >= 0.6 is 0 Å². The Morgan fingerprint density at radius 3 is 2.54 bits per heavy atom. The van der Waals surface area contributed by atoms with Gasteiger partial charge in [-0.3, -0.25) is 14.4 Å². The second-order valence-corrected chi connectivity index (χ2v) is 7.02. The summed E-state index contributed by atoms with van der Waals surface area (Å²) in [6.45, 7) is 2.67. The Morgan fingerprint density at radius 1 is 1.23 bits per heavy atom. The van der Waals surface area contributed by atoms with E-state index in [4.69, 9.17) is 4.74 Å². The molecule has 1 N–H and O–H groups in total. The zero-order valence-corrected chi connectivity index (χ0v) is 14.9. The molecule has 0 aliphatic carbocycles. The number of hydrogen-bond donors (Lipinski definition) is 1. The third-order valence-corrected chi connectivity index (χ3v) is 5.69. The van der Waals surface area contributed by atoms with Gasteiger partial charge >= 0.3 is 12.1 Å². The molecule has 3 heterocycles. The molecular weight excluding hydrogens is 340 g/mol. The van der Waals surface area contributed by atoms with Crippen LogP contribution in [0.2, 0.25) is 0 Å². The van der Waals surface area contributed by atoms with Gasteiger partial charge in [-0.25, -0.2) is 4.79 Å². The maximum Gasteiger partial charge on any atom is 0.407 e. The smallest absolute Gasteiger partial charge is 0.407 e. The summed E-state index contributed by atoms with van der Waals surface area (Å²) in [7, 11) is 0. The normalized spacial score (nSPS) is 25.4. The topological polar surface area (TPSA) is 104 Å². The van der Waals surface area contributed by atoms with Crippen molar-refractivity contribution in [1.82, 2.24) is 9.80 Å². The average molecular weight is 364 g/mol. The Labute approximate surface area is 151 Å². The summed E-state index contributed by atoms with van der Waals surface area (Å²) in [6.07, 6.45) is 4.06. The van der Waals surface area contributed by atoms with E-state index in [0.717, 1.165) is 19.3 Å². The Bertz CT molecular complexity index is 663. The van der Waals surface area contributed by atoms with Gasteiger partial charge in [-0.15, -0.1) is 0 Å². The minimum atomic E-state index is -1.19. The molecule has 8 heteroatoms. The predicted octanol–water partition coefficient (Wildman–Crippen LogP) is 1.40. The number of likely N-dealkylation sites (tertiary alicyclic amines) is 1. The monoisotopic (exact) mass is 364 g/mol. The Hall–Kier alpha value is -2.38. The first-order chi connectivity index (χ1) is 12.4. The van der Waals surface area contributed by atoms with E-state index in [1.54, 1.807) is 6.92 Å². The molecule has 26 heavy (non-hydrogen) atoms. The summed E-state index contributed by atoms with van der Waals surface area (Å²) in [6, 6.07) is 0. The third-order valence-electron chi connectivity index (χ3n) is 5.69. The Morgan fingerprint density at radius 2 is 1.92 bits per heavy atom. The fraction of sp³-hybridized carbons (Fsp3) is 0.667. The third kappa shape index (κ3) is 2.87. The Balaban J connectivity index is 2.05. The van der Waals surface area contributed by atoms with Crippen molar-refractivity contribution in [2.45, 2.75) is 39.0 Å². The first-order valence-electron chi connectivity index (χ1n) is 9.13. The van der Waals surface area contributed by atoms with Crippen LogP contribution in [0.3, 0.4) is 0 Å². The van der Waals surface area contributed by atoms with Gasteiger partial charge in [-0.2, -0.15) is 0 Å². The number of carboxylic acid groups (broad SMARTS) is 1. The van der Waals surface area contributed by atoms with Crippen LogP contribution in [0, 0.1) is 11.3 Å². The van der Waals surface area contributed by atoms with Gasteiger partial charge in [0.2, 0.25) is 5.78 Å². The van der Waals surface area contributed by atoms with Gasteiger partial charge in [0, 0.05) is 30.7 Å². The minimum Gasteiger partial charge on any atom is -0.465 e. The van der Waals surface area contributed by atoms with Gasteiger partial charge < -0.3 is 19.6 Å². The van der Waals surface area contributed by atoms with Crippen molar-refractivity contribution in [3.05, 3.63) is 11.8 Å². The maximum absolute atomic E-state index is 12.8. The van der Waals surface area contributed by atoms with Crippen molar-refractivity contribution in [2.75, 3.05) is 26.2 Å². The molecule has 8 nitrogen and oxygen atoms in total. The number of amides is 2. The van der Waals surface area contributed by atoms with E-state index in [2.05, 4.69) is 0 Å². The van der Waals surface area contributed by atoms with Crippen molar-refractivity contribution < 1.29 is 29.0 Å². The highest BCUT2D eigenvalue weighted by Gasteiger charge is 2.59. The summed E-state index contributed by atoms with van der Waals surface area (Å²) < 4.78 is 5.13. The van der Waals surface area contributed by atoms with E-state index in [1.807, 2.05) is 6.08 Å². The number of ether oxygens (including phenoxy) is 1. The summed E-state index contributed by atoms with van der Waals surface area (Å²) >= 11 is 0. The van der Waals surface area contributed by atoms with Crippen LogP contribution in [0.4, 0.5) is 4.79 Å². The van der Waals surface area contributed by atoms with E-state index in [1.165, 1.54) is 9.80 Å². The number of carbonyl (C=O) groups excluding carboxylic acids is 3. The number of carbonyl (C=O) groups is 4. The van der Waals surface area contributed by atoms with Crippen LogP contribution < -0.4 is 0 Å². The molecule has 0 saturated carbocycles. The van der Waals surface area contributed by atoms with Gasteiger partial charge in [-0.1, -0.05) is 6.08 Å². The van der Waals surface area contributed by atoms with Crippen LogP contribution in [0.25, 0.3) is 0 Å².